The predicted octanol–water partition coefficient (Wildman–Crippen LogP) is 8.35. The molecule has 0 aliphatic heterocycles. The Kier molecular flexibility index (Phi) is 6.13. The Balaban J connectivity index is 1.42. The molecule has 0 fully saturated rings. The van der Waals surface area contributed by atoms with Gasteiger partial charge in [-0.05, 0) is 44.8 Å². The topological polar surface area (TPSA) is 18.5 Å². The van der Waals surface area contributed by atoms with E-state index in [1.807, 2.05) is 12.1 Å². The van der Waals surface area contributed by atoms with Crippen LogP contribution in [0.1, 0.15) is 22.3 Å². The lowest BCUT2D eigenvalue weighted by Crippen LogP contribution is -1.88. The lowest BCUT2D eigenvalue weighted by molar-refractivity contribution is 0.414. The number of methoxy groups -OCH3 is 2. The van der Waals surface area contributed by atoms with Crippen LogP contribution in [0.15, 0.2) is 97.1 Å². The molecule has 5 aromatic rings. The molecule has 0 saturated carbocycles. The molecule has 0 aromatic heterocycles. The maximum Gasteiger partial charge on any atom is 0.126 e. The largest absolute Gasteiger partial charge is 0.496 e. The smallest absolute Gasteiger partial charge is 0.126 e. The van der Waals surface area contributed by atoms with Gasteiger partial charge in [0, 0.05) is 11.1 Å². The van der Waals surface area contributed by atoms with E-state index in [9.17, 15) is 0 Å². The summed E-state index contributed by atoms with van der Waals surface area (Å²) in [4.78, 5) is 0. The van der Waals surface area contributed by atoms with Crippen LogP contribution in [0.25, 0.3) is 45.8 Å². The molecule has 5 rings (SSSR count). The minimum absolute atomic E-state index is 0.874. The molecule has 0 spiro atoms. The van der Waals surface area contributed by atoms with Crippen molar-refractivity contribution in [2.75, 3.05) is 14.2 Å². The van der Waals surface area contributed by atoms with Crippen molar-refractivity contribution in [1.29, 1.82) is 0 Å². The molecule has 166 valence electrons. The fraction of sp³-hybridized carbons (Fsp3) is 0.0625. The second-order valence-corrected chi connectivity index (χ2v) is 8.14. The molecule has 0 radical (unpaired) electrons. The van der Waals surface area contributed by atoms with Gasteiger partial charge in [-0.3, -0.25) is 0 Å². The van der Waals surface area contributed by atoms with Gasteiger partial charge in [0.1, 0.15) is 11.5 Å². The highest BCUT2D eigenvalue weighted by molar-refractivity contribution is 5.96. The van der Waals surface area contributed by atoms with E-state index in [2.05, 4.69) is 109 Å². The molecular formula is C32H26O2. The van der Waals surface area contributed by atoms with Gasteiger partial charge >= 0.3 is 0 Å². The van der Waals surface area contributed by atoms with E-state index in [4.69, 9.17) is 9.47 Å². The number of ether oxygens (including phenoxy) is 2. The van der Waals surface area contributed by atoms with Crippen LogP contribution >= 0.6 is 0 Å². The first-order valence-electron chi connectivity index (χ1n) is 11.3. The second-order valence-electron chi connectivity index (χ2n) is 8.14. The van der Waals surface area contributed by atoms with Gasteiger partial charge in [-0.15, -0.1) is 0 Å². The molecule has 0 bridgehead atoms. The standard InChI is InChI=1S/C32H26O2/c1-33-31-21-17-25-7-3-5-9-27(25)29(31)19-15-23-11-13-24(14-12-23)16-20-30-28-10-6-4-8-26(28)18-22-32(30)34-2/h3-22H,1-2H3. The molecule has 0 aliphatic carbocycles. The van der Waals surface area contributed by atoms with Crippen LogP contribution in [0.5, 0.6) is 11.5 Å². The van der Waals surface area contributed by atoms with Gasteiger partial charge in [0.05, 0.1) is 14.2 Å². The van der Waals surface area contributed by atoms with Crippen LogP contribution in [0.3, 0.4) is 0 Å². The van der Waals surface area contributed by atoms with Crippen molar-refractivity contribution in [2.24, 2.45) is 0 Å². The van der Waals surface area contributed by atoms with Gasteiger partial charge in [0.2, 0.25) is 0 Å². The van der Waals surface area contributed by atoms with Crippen molar-refractivity contribution >= 4 is 45.8 Å². The zero-order valence-corrected chi connectivity index (χ0v) is 19.4. The third-order valence-electron chi connectivity index (χ3n) is 6.12. The first-order chi connectivity index (χ1) is 16.8. The molecule has 0 amide bonds. The van der Waals surface area contributed by atoms with Gasteiger partial charge in [-0.2, -0.15) is 0 Å². The van der Waals surface area contributed by atoms with Crippen LogP contribution in [0, 0.1) is 0 Å². The summed E-state index contributed by atoms with van der Waals surface area (Å²) in [5, 5.41) is 4.77. The van der Waals surface area contributed by atoms with Gasteiger partial charge < -0.3 is 9.47 Å². The Morgan fingerprint density at radius 2 is 0.853 bits per heavy atom. The number of benzene rings is 5. The van der Waals surface area contributed by atoms with Gasteiger partial charge in [-0.25, -0.2) is 0 Å². The molecule has 0 aliphatic rings. The molecule has 0 unspecified atom stereocenters. The van der Waals surface area contributed by atoms with E-state index in [0.717, 1.165) is 33.8 Å². The molecule has 2 nitrogen and oxygen atoms in total. The summed E-state index contributed by atoms with van der Waals surface area (Å²) in [7, 11) is 3.43. The lowest BCUT2D eigenvalue weighted by atomic mass is 10.0. The number of hydrogen-bond donors (Lipinski definition) is 0. The Morgan fingerprint density at radius 3 is 1.26 bits per heavy atom. The Labute approximate surface area is 200 Å². The fourth-order valence-corrected chi connectivity index (χ4v) is 4.33. The minimum atomic E-state index is 0.874. The SMILES string of the molecule is COc1ccc2ccccc2c1C=Cc1ccc(C=Cc2c(OC)ccc3ccccc23)cc1. The van der Waals surface area contributed by atoms with E-state index in [1.165, 1.54) is 21.5 Å². The lowest BCUT2D eigenvalue weighted by Gasteiger charge is -2.09. The summed E-state index contributed by atoms with van der Waals surface area (Å²) in [5.74, 6) is 1.75. The summed E-state index contributed by atoms with van der Waals surface area (Å²) in [6.45, 7) is 0. The highest BCUT2D eigenvalue weighted by Crippen LogP contribution is 2.31. The summed E-state index contributed by atoms with van der Waals surface area (Å²) in [6, 6.07) is 33.5. The summed E-state index contributed by atoms with van der Waals surface area (Å²) in [6.07, 6.45) is 8.52. The average molecular weight is 443 g/mol. The maximum atomic E-state index is 5.61. The van der Waals surface area contributed by atoms with Crippen molar-refractivity contribution in [1.82, 2.24) is 0 Å². The minimum Gasteiger partial charge on any atom is -0.496 e. The Bertz CT molecular complexity index is 1390. The van der Waals surface area contributed by atoms with E-state index < -0.39 is 0 Å². The van der Waals surface area contributed by atoms with Crippen molar-refractivity contribution in [3.8, 4) is 11.5 Å². The molecule has 34 heavy (non-hydrogen) atoms. The average Bonchev–Trinajstić information content (AvgIpc) is 2.90. The zero-order chi connectivity index (χ0) is 23.3. The molecule has 0 atom stereocenters. The number of fused-ring (bicyclic) bond motifs is 2. The van der Waals surface area contributed by atoms with Crippen LogP contribution in [-0.4, -0.2) is 14.2 Å². The molecule has 0 saturated heterocycles. The highest BCUT2D eigenvalue weighted by Gasteiger charge is 2.06. The third kappa shape index (κ3) is 4.31. The Morgan fingerprint density at radius 1 is 0.441 bits per heavy atom. The van der Waals surface area contributed by atoms with Crippen molar-refractivity contribution in [3.05, 3.63) is 119 Å². The van der Waals surface area contributed by atoms with E-state index >= 15 is 0 Å². The summed E-state index contributed by atoms with van der Waals surface area (Å²) < 4.78 is 11.2. The molecular weight excluding hydrogens is 416 g/mol. The first kappa shape index (κ1) is 21.5. The molecule has 2 heteroatoms. The van der Waals surface area contributed by atoms with Crippen LogP contribution in [0.4, 0.5) is 0 Å². The summed E-state index contributed by atoms with van der Waals surface area (Å²) in [5.41, 5.74) is 4.45. The number of rotatable bonds is 6. The van der Waals surface area contributed by atoms with Crippen LogP contribution < -0.4 is 9.47 Å². The van der Waals surface area contributed by atoms with Crippen LogP contribution in [0.2, 0.25) is 0 Å². The predicted molar refractivity (Wildman–Crippen MR) is 145 cm³/mol. The first-order valence-corrected chi connectivity index (χ1v) is 11.3. The summed E-state index contributed by atoms with van der Waals surface area (Å²) >= 11 is 0. The highest BCUT2D eigenvalue weighted by atomic mass is 16.5. The molecule has 0 N–H and O–H groups in total. The third-order valence-corrected chi connectivity index (χ3v) is 6.12. The van der Waals surface area contributed by atoms with Crippen LogP contribution in [-0.2, 0) is 0 Å². The quantitative estimate of drug-likeness (QED) is 0.246. The van der Waals surface area contributed by atoms with Gasteiger partial charge in [-0.1, -0.05) is 109 Å². The van der Waals surface area contributed by atoms with Crippen molar-refractivity contribution in [2.45, 2.75) is 0 Å². The van der Waals surface area contributed by atoms with E-state index in [0.29, 0.717) is 0 Å². The monoisotopic (exact) mass is 442 g/mol. The molecule has 0 heterocycles. The normalized spacial score (nSPS) is 11.6. The molecule has 5 aromatic carbocycles. The van der Waals surface area contributed by atoms with E-state index in [1.54, 1.807) is 14.2 Å². The zero-order valence-electron chi connectivity index (χ0n) is 19.4. The van der Waals surface area contributed by atoms with Gasteiger partial charge in [0.25, 0.3) is 0 Å². The Hall–Kier alpha value is -4.30. The second kappa shape index (κ2) is 9.68. The maximum absolute atomic E-state index is 5.61. The van der Waals surface area contributed by atoms with Crippen molar-refractivity contribution in [3.63, 3.8) is 0 Å². The fourth-order valence-electron chi connectivity index (χ4n) is 4.33. The van der Waals surface area contributed by atoms with Crippen molar-refractivity contribution < 1.29 is 9.47 Å². The number of hydrogen-bond acceptors (Lipinski definition) is 2. The van der Waals surface area contributed by atoms with E-state index in [-0.39, 0.29) is 0 Å². The van der Waals surface area contributed by atoms with Gasteiger partial charge in [0.15, 0.2) is 0 Å².